The predicted molar refractivity (Wildman–Crippen MR) is 86.6 cm³/mol. The van der Waals surface area contributed by atoms with Gasteiger partial charge in [0.05, 0.1) is 18.1 Å². The van der Waals surface area contributed by atoms with Gasteiger partial charge in [0.2, 0.25) is 10.0 Å². The molecule has 1 aliphatic rings. The van der Waals surface area contributed by atoms with E-state index >= 15 is 0 Å². The van der Waals surface area contributed by atoms with Crippen LogP contribution in [0.3, 0.4) is 0 Å². The Bertz CT molecular complexity index is 623. The predicted octanol–water partition coefficient (Wildman–Crippen LogP) is 0.175. The highest BCUT2D eigenvalue weighted by Gasteiger charge is 2.20. The van der Waals surface area contributed by atoms with E-state index in [2.05, 4.69) is 4.72 Å². The normalized spacial score (nSPS) is 17.0. The first-order valence-electron chi connectivity index (χ1n) is 7.62. The van der Waals surface area contributed by atoms with Crippen LogP contribution in [-0.4, -0.2) is 58.1 Å². The van der Waals surface area contributed by atoms with Crippen LogP contribution in [0.1, 0.15) is 23.7 Å². The fourth-order valence-electron chi connectivity index (χ4n) is 2.23. The number of morpholine rings is 1. The molecule has 3 N–H and O–H groups in total. The Kier molecular flexibility index (Phi) is 6.11. The maximum atomic E-state index is 12.3. The second-order valence-corrected chi connectivity index (χ2v) is 7.36. The lowest BCUT2D eigenvalue weighted by Gasteiger charge is -2.26. The maximum absolute atomic E-state index is 12.3. The molecule has 1 aromatic rings. The summed E-state index contributed by atoms with van der Waals surface area (Å²) in [5.41, 5.74) is 6.07. The van der Waals surface area contributed by atoms with Crippen molar-refractivity contribution in [3.8, 4) is 0 Å². The molecular formula is C15H23N3O4S. The third kappa shape index (κ3) is 5.00. The van der Waals surface area contributed by atoms with E-state index in [-0.39, 0.29) is 23.4 Å². The Morgan fingerprint density at radius 3 is 2.48 bits per heavy atom. The smallest absolute Gasteiger partial charge is 0.254 e. The van der Waals surface area contributed by atoms with Gasteiger partial charge in [0.25, 0.3) is 5.91 Å². The van der Waals surface area contributed by atoms with Crippen LogP contribution in [-0.2, 0) is 14.8 Å². The Balaban J connectivity index is 2.02. The van der Waals surface area contributed by atoms with Gasteiger partial charge in [-0.1, -0.05) is 0 Å². The van der Waals surface area contributed by atoms with Gasteiger partial charge in [-0.15, -0.1) is 0 Å². The SMILES string of the molecule is CC(N)CCNS(=O)(=O)c1ccc(C(=O)N2CCOCC2)cc1. The number of benzene rings is 1. The highest BCUT2D eigenvalue weighted by atomic mass is 32.2. The lowest BCUT2D eigenvalue weighted by atomic mass is 10.2. The molecule has 1 aromatic carbocycles. The standard InChI is InChI=1S/C15H23N3O4S/c1-12(16)6-7-17-23(20,21)14-4-2-13(3-5-14)15(19)18-8-10-22-11-9-18/h2-5,12,17H,6-11,16H2,1H3. The molecule has 1 aliphatic heterocycles. The molecule has 0 spiro atoms. The summed E-state index contributed by atoms with van der Waals surface area (Å²) in [5, 5.41) is 0. The van der Waals surface area contributed by atoms with E-state index in [0.29, 0.717) is 38.3 Å². The number of hydrogen-bond acceptors (Lipinski definition) is 5. The zero-order chi connectivity index (χ0) is 16.9. The van der Waals surface area contributed by atoms with Crippen molar-refractivity contribution in [3.63, 3.8) is 0 Å². The van der Waals surface area contributed by atoms with E-state index in [4.69, 9.17) is 10.5 Å². The fraction of sp³-hybridized carbons (Fsp3) is 0.533. The van der Waals surface area contributed by atoms with Gasteiger partial charge in [0, 0.05) is 31.2 Å². The van der Waals surface area contributed by atoms with Crippen molar-refractivity contribution in [1.29, 1.82) is 0 Å². The quantitative estimate of drug-likeness (QED) is 0.768. The van der Waals surface area contributed by atoms with E-state index in [1.165, 1.54) is 24.3 Å². The zero-order valence-electron chi connectivity index (χ0n) is 13.2. The molecule has 0 radical (unpaired) electrons. The first-order chi connectivity index (χ1) is 10.9. The molecule has 1 saturated heterocycles. The lowest BCUT2D eigenvalue weighted by Crippen LogP contribution is -2.40. The summed E-state index contributed by atoms with van der Waals surface area (Å²) in [6.45, 7) is 4.27. The van der Waals surface area contributed by atoms with Crippen LogP contribution in [0.2, 0.25) is 0 Å². The number of rotatable bonds is 6. The van der Waals surface area contributed by atoms with E-state index in [1.54, 1.807) is 4.90 Å². The summed E-state index contributed by atoms with van der Waals surface area (Å²) in [7, 11) is -3.57. The largest absolute Gasteiger partial charge is 0.378 e. The number of carbonyl (C=O) groups excluding carboxylic acids is 1. The van der Waals surface area contributed by atoms with Gasteiger partial charge in [-0.2, -0.15) is 0 Å². The first-order valence-corrected chi connectivity index (χ1v) is 9.11. The van der Waals surface area contributed by atoms with E-state index in [1.807, 2.05) is 6.92 Å². The number of hydrogen-bond donors (Lipinski definition) is 2. The second kappa shape index (κ2) is 7.87. The molecule has 0 bridgehead atoms. The number of carbonyl (C=O) groups is 1. The van der Waals surface area contributed by atoms with Gasteiger partial charge in [-0.25, -0.2) is 13.1 Å². The van der Waals surface area contributed by atoms with Crippen LogP contribution in [0.4, 0.5) is 0 Å². The third-order valence-electron chi connectivity index (χ3n) is 3.60. The highest BCUT2D eigenvalue weighted by molar-refractivity contribution is 7.89. The summed E-state index contributed by atoms with van der Waals surface area (Å²) in [5.74, 6) is -0.109. The van der Waals surface area contributed by atoms with Gasteiger partial charge in [-0.3, -0.25) is 4.79 Å². The van der Waals surface area contributed by atoms with Crippen LogP contribution in [0.25, 0.3) is 0 Å². The molecule has 1 heterocycles. The molecule has 0 aromatic heterocycles. The maximum Gasteiger partial charge on any atom is 0.254 e. The van der Waals surface area contributed by atoms with E-state index in [0.717, 1.165) is 0 Å². The molecular weight excluding hydrogens is 318 g/mol. The molecule has 23 heavy (non-hydrogen) atoms. The van der Waals surface area contributed by atoms with Crippen molar-refractivity contribution < 1.29 is 17.9 Å². The topological polar surface area (TPSA) is 102 Å². The Labute approximate surface area is 136 Å². The van der Waals surface area contributed by atoms with Gasteiger partial charge < -0.3 is 15.4 Å². The van der Waals surface area contributed by atoms with Crippen LogP contribution < -0.4 is 10.5 Å². The molecule has 1 unspecified atom stereocenters. The fourth-order valence-corrected chi connectivity index (χ4v) is 3.28. The number of nitrogens with one attached hydrogen (secondary N) is 1. The average molecular weight is 341 g/mol. The number of ether oxygens (including phenoxy) is 1. The molecule has 1 amide bonds. The molecule has 0 aliphatic carbocycles. The zero-order valence-corrected chi connectivity index (χ0v) is 14.0. The Hall–Kier alpha value is -1.48. The lowest BCUT2D eigenvalue weighted by molar-refractivity contribution is 0.0303. The van der Waals surface area contributed by atoms with E-state index in [9.17, 15) is 13.2 Å². The summed E-state index contributed by atoms with van der Waals surface area (Å²) >= 11 is 0. The molecule has 0 saturated carbocycles. The highest BCUT2D eigenvalue weighted by Crippen LogP contribution is 2.13. The van der Waals surface area contributed by atoms with Crippen molar-refractivity contribution in [1.82, 2.24) is 9.62 Å². The molecule has 2 rings (SSSR count). The minimum Gasteiger partial charge on any atom is -0.378 e. The molecule has 7 nitrogen and oxygen atoms in total. The van der Waals surface area contributed by atoms with Crippen molar-refractivity contribution in [3.05, 3.63) is 29.8 Å². The van der Waals surface area contributed by atoms with Gasteiger partial charge >= 0.3 is 0 Å². The van der Waals surface area contributed by atoms with Gasteiger partial charge in [0.1, 0.15) is 0 Å². The molecule has 8 heteroatoms. The van der Waals surface area contributed by atoms with Crippen LogP contribution in [0.5, 0.6) is 0 Å². The monoisotopic (exact) mass is 341 g/mol. The molecule has 1 fully saturated rings. The molecule has 1 atom stereocenters. The van der Waals surface area contributed by atoms with Crippen molar-refractivity contribution in [2.24, 2.45) is 5.73 Å². The van der Waals surface area contributed by atoms with Crippen LogP contribution >= 0.6 is 0 Å². The summed E-state index contributed by atoms with van der Waals surface area (Å²) in [4.78, 5) is 14.1. The number of nitrogens with two attached hydrogens (primary N) is 1. The number of amides is 1. The van der Waals surface area contributed by atoms with Gasteiger partial charge in [0.15, 0.2) is 0 Å². The number of sulfonamides is 1. The minimum absolute atomic E-state index is 0.0637. The summed E-state index contributed by atoms with van der Waals surface area (Å²) < 4.78 is 32.0. The van der Waals surface area contributed by atoms with E-state index < -0.39 is 10.0 Å². The van der Waals surface area contributed by atoms with Crippen LogP contribution in [0, 0.1) is 0 Å². The molecule has 128 valence electrons. The third-order valence-corrected chi connectivity index (χ3v) is 5.08. The number of nitrogens with zero attached hydrogens (tertiary/aromatic N) is 1. The van der Waals surface area contributed by atoms with Crippen molar-refractivity contribution >= 4 is 15.9 Å². The average Bonchev–Trinajstić information content (AvgIpc) is 2.54. The van der Waals surface area contributed by atoms with Crippen molar-refractivity contribution in [2.45, 2.75) is 24.3 Å². The summed E-state index contributed by atoms with van der Waals surface area (Å²) in [6.07, 6.45) is 0.562. The first kappa shape index (κ1) is 17.9. The Morgan fingerprint density at radius 2 is 1.91 bits per heavy atom. The van der Waals surface area contributed by atoms with Gasteiger partial charge in [-0.05, 0) is 37.6 Å². The van der Waals surface area contributed by atoms with Crippen molar-refractivity contribution in [2.75, 3.05) is 32.8 Å². The summed E-state index contributed by atoms with van der Waals surface area (Å²) in [6, 6.07) is 5.91. The van der Waals surface area contributed by atoms with Crippen LogP contribution in [0.15, 0.2) is 29.2 Å². The minimum atomic E-state index is -3.57. The second-order valence-electron chi connectivity index (χ2n) is 5.59. The Morgan fingerprint density at radius 1 is 1.30 bits per heavy atom.